The van der Waals surface area contributed by atoms with Crippen LogP contribution >= 0.6 is 11.3 Å². The third-order valence-corrected chi connectivity index (χ3v) is 4.82. The number of likely N-dealkylation sites (tertiary alicyclic amines) is 1. The molecule has 1 aromatic heterocycles. The summed E-state index contributed by atoms with van der Waals surface area (Å²) in [4.78, 5) is 26.0. The van der Waals surface area contributed by atoms with Crippen molar-refractivity contribution in [2.75, 3.05) is 19.6 Å². The average molecular weight is 310 g/mol. The molecule has 0 aliphatic carbocycles. The zero-order valence-corrected chi connectivity index (χ0v) is 13.3. The lowest BCUT2D eigenvalue weighted by Gasteiger charge is -2.49. The summed E-state index contributed by atoms with van der Waals surface area (Å²) in [6, 6.07) is 3.61. The summed E-state index contributed by atoms with van der Waals surface area (Å²) in [6.07, 6.45) is 1.02. The van der Waals surface area contributed by atoms with Gasteiger partial charge in [0.1, 0.15) is 5.60 Å². The number of rotatable bonds is 6. The molecule has 0 spiro atoms. The number of hydrogen-bond acceptors (Lipinski definition) is 4. The van der Waals surface area contributed by atoms with Crippen LogP contribution in [0.5, 0.6) is 0 Å². The molecule has 1 aliphatic heterocycles. The highest BCUT2D eigenvalue weighted by Gasteiger charge is 2.45. The molecule has 2 amide bonds. The fourth-order valence-corrected chi connectivity index (χ4v) is 2.89. The molecule has 1 aromatic rings. The molecule has 0 unspecified atom stereocenters. The Morgan fingerprint density at radius 2 is 2.19 bits per heavy atom. The second-order valence-corrected chi connectivity index (χ2v) is 6.79. The number of hydrogen-bond donors (Lipinski definition) is 2. The van der Waals surface area contributed by atoms with Crippen molar-refractivity contribution >= 4 is 23.2 Å². The molecule has 1 fully saturated rings. The SMILES string of the molecule is CC(C)C1(O)CN(C(=O)CCCNC(=O)c2cccs2)C1. The zero-order valence-electron chi connectivity index (χ0n) is 12.5. The number of thiophene rings is 1. The Labute approximate surface area is 129 Å². The minimum atomic E-state index is -0.719. The molecule has 2 N–H and O–H groups in total. The van der Waals surface area contributed by atoms with Gasteiger partial charge in [-0.2, -0.15) is 0 Å². The number of β-amino-alcohol motifs (C(OH)–C–C–N with tert-alkyl or cyclic N) is 1. The second kappa shape index (κ2) is 6.58. The Hall–Kier alpha value is -1.40. The van der Waals surface area contributed by atoms with Gasteiger partial charge in [-0.15, -0.1) is 11.3 Å². The lowest BCUT2D eigenvalue weighted by atomic mass is 9.83. The first-order chi connectivity index (χ1) is 9.92. The highest BCUT2D eigenvalue weighted by molar-refractivity contribution is 7.12. The van der Waals surface area contributed by atoms with Gasteiger partial charge in [0.15, 0.2) is 0 Å². The fourth-order valence-electron chi connectivity index (χ4n) is 2.25. The third-order valence-electron chi connectivity index (χ3n) is 3.95. The van der Waals surface area contributed by atoms with E-state index >= 15 is 0 Å². The Kier molecular flexibility index (Phi) is 5.00. The van der Waals surface area contributed by atoms with E-state index in [0.717, 1.165) is 0 Å². The first-order valence-electron chi connectivity index (χ1n) is 7.24. The number of carbonyl (C=O) groups excluding carboxylic acids is 2. The maximum Gasteiger partial charge on any atom is 0.261 e. The van der Waals surface area contributed by atoms with Crippen LogP contribution in [0, 0.1) is 5.92 Å². The highest BCUT2D eigenvalue weighted by Crippen LogP contribution is 2.28. The van der Waals surface area contributed by atoms with Crippen molar-refractivity contribution in [1.29, 1.82) is 0 Å². The molecule has 1 saturated heterocycles. The highest BCUT2D eigenvalue weighted by atomic mass is 32.1. The number of nitrogens with zero attached hydrogens (tertiary/aromatic N) is 1. The van der Waals surface area contributed by atoms with Gasteiger partial charge in [-0.05, 0) is 23.8 Å². The van der Waals surface area contributed by atoms with E-state index in [0.29, 0.717) is 37.4 Å². The van der Waals surface area contributed by atoms with Crippen LogP contribution in [0.25, 0.3) is 0 Å². The van der Waals surface area contributed by atoms with E-state index in [1.807, 2.05) is 25.3 Å². The maximum atomic E-state index is 11.9. The second-order valence-electron chi connectivity index (χ2n) is 5.84. The zero-order chi connectivity index (χ0) is 15.5. The maximum absolute atomic E-state index is 11.9. The molecule has 116 valence electrons. The van der Waals surface area contributed by atoms with Crippen LogP contribution < -0.4 is 5.32 Å². The lowest BCUT2D eigenvalue weighted by Crippen LogP contribution is -2.65. The van der Waals surface area contributed by atoms with Crippen LogP contribution in [0.3, 0.4) is 0 Å². The normalized spacial score (nSPS) is 16.7. The number of carbonyl (C=O) groups is 2. The van der Waals surface area contributed by atoms with Gasteiger partial charge in [0.25, 0.3) is 5.91 Å². The lowest BCUT2D eigenvalue weighted by molar-refractivity contribution is -0.163. The molecule has 5 nitrogen and oxygen atoms in total. The van der Waals surface area contributed by atoms with E-state index in [-0.39, 0.29) is 17.7 Å². The van der Waals surface area contributed by atoms with Crippen molar-refractivity contribution < 1.29 is 14.7 Å². The predicted octanol–water partition coefficient (Wildman–Crippen LogP) is 1.49. The van der Waals surface area contributed by atoms with E-state index in [4.69, 9.17) is 0 Å². The molecule has 0 saturated carbocycles. The summed E-state index contributed by atoms with van der Waals surface area (Å²) in [5, 5.41) is 14.8. The van der Waals surface area contributed by atoms with Crippen LogP contribution in [-0.4, -0.2) is 47.1 Å². The summed E-state index contributed by atoms with van der Waals surface area (Å²) < 4.78 is 0. The van der Waals surface area contributed by atoms with Crippen molar-refractivity contribution in [3.63, 3.8) is 0 Å². The number of amides is 2. The van der Waals surface area contributed by atoms with Crippen molar-refractivity contribution in [1.82, 2.24) is 10.2 Å². The Morgan fingerprint density at radius 3 is 2.76 bits per heavy atom. The fraction of sp³-hybridized carbons (Fsp3) is 0.600. The molecule has 6 heteroatoms. The minimum absolute atomic E-state index is 0.0469. The van der Waals surface area contributed by atoms with Gasteiger partial charge in [0.2, 0.25) is 5.91 Å². The largest absolute Gasteiger partial charge is 0.386 e. The van der Waals surface area contributed by atoms with Gasteiger partial charge in [-0.25, -0.2) is 0 Å². The van der Waals surface area contributed by atoms with Gasteiger partial charge in [-0.1, -0.05) is 19.9 Å². The summed E-state index contributed by atoms with van der Waals surface area (Å²) >= 11 is 1.40. The van der Waals surface area contributed by atoms with Crippen molar-refractivity contribution in [2.45, 2.75) is 32.3 Å². The van der Waals surface area contributed by atoms with E-state index in [1.165, 1.54) is 11.3 Å². The van der Waals surface area contributed by atoms with Crippen LogP contribution in [0.2, 0.25) is 0 Å². The van der Waals surface area contributed by atoms with Crippen molar-refractivity contribution in [3.8, 4) is 0 Å². The topological polar surface area (TPSA) is 69.6 Å². The van der Waals surface area contributed by atoms with Crippen LogP contribution in [0.15, 0.2) is 17.5 Å². The Morgan fingerprint density at radius 1 is 1.48 bits per heavy atom. The predicted molar refractivity (Wildman–Crippen MR) is 82.3 cm³/mol. The molecule has 0 aromatic carbocycles. The first kappa shape index (κ1) is 16.0. The van der Waals surface area contributed by atoms with Crippen LogP contribution in [0.1, 0.15) is 36.4 Å². The van der Waals surface area contributed by atoms with E-state index < -0.39 is 5.60 Å². The number of aliphatic hydroxyl groups is 1. The molecule has 0 radical (unpaired) electrons. The minimum Gasteiger partial charge on any atom is -0.386 e. The van der Waals surface area contributed by atoms with Gasteiger partial charge in [-0.3, -0.25) is 9.59 Å². The summed E-state index contributed by atoms with van der Waals surface area (Å²) in [5.74, 6) is 0.118. The third kappa shape index (κ3) is 3.83. The molecule has 2 heterocycles. The average Bonchev–Trinajstić information content (AvgIpc) is 2.93. The monoisotopic (exact) mass is 310 g/mol. The van der Waals surface area contributed by atoms with E-state index in [2.05, 4.69) is 5.32 Å². The quantitative estimate of drug-likeness (QED) is 0.782. The Balaban J connectivity index is 1.62. The van der Waals surface area contributed by atoms with Gasteiger partial charge < -0.3 is 15.3 Å². The molecular weight excluding hydrogens is 288 g/mol. The number of nitrogens with one attached hydrogen (secondary N) is 1. The van der Waals surface area contributed by atoms with Crippen LogP contribution in [0.4, 0.5) is 0 Å². The molecule has 1 aliphatic rings. The Bertz CT molecular complexity index is 493. The molecular formula is C15H22N2O3S. The summed E-state index contributed by atoms with van der Waals surface area (Å²) in [5.41, 5.74) is -0.719. The standard InChI is InChI=1S/C15H22N2O3S/c1-11(2)15(20)9-17(10-15)13(18)6-3-7-16-14(19)12-5-4-8-21-12/h4-5,8,11,20H,3,6-7,9-10H2,1-2H3,(H,16,19). The van der Waals surface area contributed by atoms with Gasteiger partial charge in [0, 0.05) is 13.0 Å². The van der Waals surface area contributed by atoms with Crippen molar-refractivity contribution in [2.24, 2.45) is 5.92 Å². The smallest absolute Gasteiger partial charge is 0.261 e. The molecule has 21 heavy (non-hydrogen) atoms. The first-order valence-corrected chi connectivity index (χ1v) is 8.12. The van der Waals surface area contributed by atoms with Gasteiger partial charge in [0.05, 0.1) is 18.0 Å². The van der Waals surface area contributed by atoms with Crippen LogP contribution in [-0.2, 0) is 4.79 Å². The summed E-state index contributed by atoms with van der Waals surface area (Å²) in [7, 11) is 0. The summed E-state index contributed by atoms with van der Waals surface area (Å²) in [6.45, 7) is 5.25. The van der Waals surface area contributed by atoms with Crippen molar-refractivity contribution in [3.05, 3.63) is 22.4 Å². The molecule has 0 atom stereocenters. The van der Waals surface area contributed by atoms with E-state index in [9.17, 15) is 14.7 Å². The molecule has 0 bridgehead atoms. The van der Waals surface area contributed by atoms with E-state index in [1.54, 1.807) is 11.0 Å². The van der Waals surface area contributed by atoms with Gasteiger partial charge >= 0.3 is 0 Å². The molecule has 2 rings (SSSR count).